The Kier molecular flexibility index (Phi) is 4.42. The molecule has 2 aromatic carbocycles. The Bertz CT molecular complexity index is 865. The zero-order valence-electron chi connectivity index (χ0n) is 12.5. The maximum atomic E-state index is 14.6. The molecule has 0 amide bonds. The third kappa shape index (κ3) is 2.95. The van der Waals surface area contributed by atoms with Gasteiger partial charge in [0.15, 0.2) is 11.5 Å². The molecule has 0 aromatic heterocycles. The number of hydrogen-bond acceptors (Lipinski definition) is 1. The van der Waals surface area contributed by atoms with Crippen molar-refractivity contribution in [2.24, 2.45) is 5.10 Å². The van der Waals surface area contributed by atoms with Gasteiger partial charge in [-0.3, -0.25) is 0 Å². The van der Waals surface area contributed by atoms with Gasteiger partial charge in [-0.2, -0.15) is 0 Å². The summed E-state index contributed by atoms with van der Waals surface area (Å²) >= 11 is 12.0. The number of para-hydroxylation sites is 1. The molecule has 1 aliphatic rings. The second-order valence-electron chi connectivity index (χ2n) is 5.43. The molecule has 0 fully saturated rings. The lowest BCUT2D eigenvalue weighted by atomic mass is 10.0. The predicted octanol–water partition coefficient (Wildman–Crippen LogP) is 5.89. The summed E-state index contributed by atoms with van der Waals surface area (Å²) < 4.78 is 39.9. The first-order valence-corrected chi connectivity index (χ1v) is 7.75. The molecule has 0 bridgehead atoms. The van der Waals surface area contributed by atoms with Crippen molar-refractivity contribution >= 4 is 34.6 Å². The molecule has 0 saturated heterocycles. The Morgan fingerprint density at radius 2 is 1.83 bits per heavy atom. The average molecular weight is 372 g/mol. The van der Waals surface area contributed by atoms with Crippen molar-refractivity contribution < 1.29 is 13.2 Å². The number of halogens is 5. The van der Waals surface area contributed by atoms with Crippen LogP contribution in [0, 0.1) is 5.82 Å². The first-order chi connectivity index (χ1) is 11.3. The minimum atomic E-state index is -2.72. The highest BCUT2D eigenvalue weighted by Gasteiger charge is 2.36. The predicted molar refractivity (Wildman–Crippen MR) is 92.2 cm³/mol. The number of hydrogen-bond donors (Lipinski definition) is 0. The molecule has 124 valence electrons. The molecule has 24 heavy (non-hydrogen) atoms. The molecule has 1 aliphatic heterocycles. The first kappa shape index (κ1) is 17.0. The highest BCUT2D eigenvalue weighted by Crippen LogP contribution is 2.40. The molecule has 0 aliphatic carbocycles. The van der Waals surface area contributed by atoms with Crippen LogP contribution in [-0.4, -0.2) is 19.2 Å². The Morgan fingerprint density at radius 3 is 2.46 bits per heavy atom. The third-order valence-electron chi connectivity index (χ3n) is 3.75. The van der Waals surface area contributed by atoms with Gasteiger partial charge >= 0.3 is 0 Å². The molecule has 2 nitrogen and oxygen atoms in total. The fourth-order valence-corrected chi connectivity index (χ4v) is 2.94. The summed E-state index contributed by atoms with van der Waals surface area (Å²) in [7, 11) is 1.53. The van der Waals surface area contributed by atoms with Crippen molar-refractivity contribution in [1.82, 2.24) is 4.59 Å². The summed E-state index contributed by atoms with van der Waals surface area (Å²) in [5.41, 5.74) is 0.885. The summed E-state index contributed by atoms with van der Waals surface area (Å²) in [4.78, 5) is 0. The minimum Gasteiger partial charge on any atom is -0.203 e. The van der Waals surface area contributed by atoms with E-state index in [1.54, 1.807) is 30.3 Å². The number of alkyl halides is 2. The van der Waals surface area contributed by atoms with Crippen LogP contribution in [0.15, 0.2) is 53.8 Å². The van der Waals surface area contributed by atoms with Gasteiger partial charge < -0.3 is 0 Å². The van der Waals surface area contributed by atoms with Gasteiger partial charge in [0, 0.05) is 11.6 Å². The van der Waals surface area contributed by atoms with Crippen LogP contribution >= 0.6 is 23.2 Å². The van der Waals surface area contributed by atoms with Gasteiger partial charge in [0.1, 0.15) is 13.2 Å². The second kappa shape index (κ2) is 6.24. The van der Waals surface area contributed by atoms with E-state index in [1.165, 1.54) is 25.4 Å². The van der Waals surface area contributed by atoms with Gasteiger partial charge in [0.2, 0.25) is 5.69 Å². The van der Waals surface area contributed by atoms with E-state index in [1.807, 2.05) is 0 Å². The fourth-order valence-electron chi connectivity index (χ4n) is 2.64. The van der Waals surface area contributed by atoms with Crippen LogP contribution in [0.3, 0.4) is 0 Å². The van der Waals surface area contributed by atoms with Gasteiger partial charge in [-0.15, -0.1) is 4.59 Å². The Hall–Kier alpha value is -1.82. The molecule has 1 heterocycles. The number of benzene rings is 2. The lowest BCUT2D eigenvalue weighted by molar-refractivity contribution is 0.225. The van der Waals surface area contributed by atoms with Crippen LogP contribution < -0.4 is 4.59 Å². The van der Waals surface area contributed by atoms with Crippen LogP contribution in [0.25, 0.3) is 11.1 Å². The molecule has 0 spiro atoms. The number of nitrogens with zero attached hydrogens (tertiary/aromatic N) is 2. The van der Waals surface area contributed by atoms with Gasteiger partial charge in [-0.1, -0.05) is 40.4 Å². The summed E-state index contributed by atoms with van der Waals surface area (Å²) in [6, 6.07) is 9.39. The second-order valence-corrected chi connectivity index (χ2v) is 6.25. The van der Waals surface area contributed by atoms with Crippen LogP contribution in [0.1, 0.15) is 0 Å². The smallest absolute Gasteiger partial charge is 0.203 e. The standard InChI is InChI=1S/C17H12Cl2F3N2/c1-24(8-7-15(23-24)17(21)22)16-11(3-2-4-14(16)20)10-5-6-12(18)13(19)9-10/h2-9,17H,1H3/q+1. The molecule has 3 rings (SSSR count). The highest BCUT2D eigenvalue weighted by molar-refractivity contribution is 6.42. The van der Waals surface area contributed by atoms with Gasteiger partial charge in [-0.05, 0) is 29.8 Å². The summed E-state index contributed by atoms with van der Waals surface area (Å²) in [5.74, 6) is -0.551. The van der Waals surface area contributed by atoms with E-state index in [2.05, 4.69) is 5.10 Å². The molecule has 1 atom stereocenters. The zero-order chi connectivity index (χ0) is 17.5. The van der Waals surface area contributed by atoms with Gasteiger partial charge in [0.05, 0.1) is 10.0 Å². The first-order valence-electron chi connectivity index (χ1n) is 7.00. The maximum absolute atomic E-state index is 14.6. The highest BCUT2D eigenvalue weighted by atomic mass is 35.5. The molecular formula is C17H12Cl2F3N2+. The number of allylic oxidation sites excluding steroid dienone is 1. The zero-order valence-corrected chi connectivity index (χ0v) is 14.0. The monoisotopic (exact) mass is 371 g/mol. The van der Waals surface area contributed by atoms with E-state index in [9.17, 15) is 13.2 Å². The largest absolute Gasteiger partial charge is 0.285 e. The van der Waals surface area contributed by atoms with Crippen molar-refractivity contribution in [2.45, 2.75) is 6.43 Å². The average Bonchev–Trinajstić information content (AvgIpc) is 2.93. The lowest BCUT2D eigenvalue weighted by Gasteiger charge is -2.23. The summed E-state index contributed by atoms with van der Waals surface area (Å²) in [6.07, 6.45) is -0.0992. The van der Waals surface area contributed by atoms with Crippen molar-refractivity contribution in [3.05, 3.63) is 64.5 Å². The van der Waals surface area contributed by atoms with E-state index in [4.69, 9.17) is 23.2 Å². The summed E-state index contributed by atoms with van der Waals surface area (Å²) in [6.45, 7) is 0. The van der Waals surface area contributed by atoms with Crippen LogP contribution in [0.4, 0.5) is 18.9 Å². The molecular weight excluding hydrogens is 360 g/mol. The molecule has 1 unspecified atom stereocenters. The maximum Gasteiger partial charge on any atom is 0.285 e. The van der Waals surface area contributed by atoms with Crippen LogP contribution in [0.2, 0.25) is 10.0 Å². The molecule has 2 aromatic rings. The molecule has 7 heteroatoms. The van der Waals surface area contributed by atoms with Crippen LogP contribution in [-0.2, 0) is 0 Å². The van der Waals surface area contributed by atoms with E-state index >= 15 is 0 Å². The van der Waals surface area contributed by atoms with Gasteiger partial charge in [0.25, 0.3) is 6.43 Å². The normalized spacial score (nSPS) is 19.9. The SMILES string of the molecule is C[N+]1(c2c(F)cccc2-c2ccc(Cl)c(Cl)c2)C=CC(C(F)F)=N1. The lowest BCUT2D eigenvalue weighted by Crippen LogP contribution is -2.32. The number of rotatable bonds is 3. The van der Waals surface area contributed by atoms with E-state index in [0.717, 1.165) is 0 Å². The molecule has 0 saturated carbocycles. The Balaban J connectivity index is 2.20. The summed E-state index contributed by atoms with van der Waals surface area (Å²) in [5, 5.41) is 4.66. The topological polar surface area (TPSA) is 12.4 Å². The molecule has 0 radical (unpaired) electrons. The van der Waals surface area contributed by atoms with Crippen molar-refractivity contribution in [3.63, 3.8) is 0 Å². The molecule has 0 N–H and O–H groups in total. The Labute approximate surface area is 147 Å². The fraction of sp³-hybridized carbons (Fsp3) is 0.118. The van der Waals surface area contributed by atoms with E-state index in [-0.39, 0.29) is 11.4 Å². The number of quaternary nitrogens is 1. The minimum absolute atomic E-state index is 0.155. The quantitative estimate of drug-likeness (QED) is 0.597. The van der Waals surface area contributed by atoms with Crippen molar-refractivity contribution in [2.75, 3.05) is 7.05 Å². The van der Waals surface area contributed by atoms with Crippen molar-refractivity contribution in [1.29, 1.82) is 0 Å². The van der Waals surface area contributed by atoms with Gasteiger partial charge in [-0.25, -0.2) is 13.2 Å². The van der Waals surface area contributed by atoms with Crippen molar-refractivity contribution in [3.8, 4) is 11.1 Å². The van der Waals surface area contributed by atoms with E-state index in [0.29, 0.717) is 21.2 Å². The Morgan fingerprint density at radius 1 is 1.08 bits per heavy atom. The van der Waals surface area contributed by atoms with Crippen LogP contribution in [0.5, 0.6) is 0 Å². The van der Waals surface area contributed by atoms with E-state index < -0.39 is 16.8 Å². The third-order valence-corrected chi connectivity index (χ3v) is 4.49.